The summed E-state index contributed by atoms with van der Waals surface area (Å²) >= 11 is 0. The van der Waals surface area contributed by atoms with Gasteiger partial charge in [-0.2, -0.15) is 0 Å². The van der Waals surface area contributed by atoms with Crippen LogP contribution < -0.4 is 5.32 Å². The van der Waals surface area contributed by atoms with Gasteiger partial charge in [0.25, 0.3) is 5.91 Å². The lowest BCUT2D eigenvalue weighted by Gasteiger charge is -2.23. The predicted octanol–water partition coefficient (Wildman–Crippen LogP) is 1.84. The Morgan fingerprint density at radius 1 is 1.46 bits per heavy atom. The van der Waals surface area contributed by atoms with E-state index in [1.807, 2.05) is 0 Å². The molecule has 1 fully saturated rings. The first-order valence-corrected chi connectivity index (χ1v) is 7.79. The number of carbonyl (C=O) groups excluding carboxylic acids is 2. The number of hydrogen-bond acceptors (Lipinski definition) is 6. The van der Waals surface area contributed by atoms with Crippen molar-refractivity contribution in [3.8, 4) is 0 Å². The van der Waals surface area contributed by atoms with Gasteiger partial charge in [0.1, 0.15) is 12.3 Å². The summed E-state index contributed by atoms with van der Waals surface area (Å²) in [6.07, 6.45) is 3.19. The van der Waals surface area contributed by atoms with Crippen molar-refractivity contribution in [3.63, 3.8) is 0 Å². The smallest absolute Gasteiger partial charge is 0.290 e. The molecule has 2 amide bonds. The van der Waals surface area contributed by atoms with Crippen LogP contribution in [0.2, 0.25) is 0 Å². The molecule has 2 aromatic heterocycles. The van der Waals surface area contributed by atoms with Crippen LogP contribution >= 0.6 is 0 Å². The topological polar surface area (TPSA) is 97.8 Å². The first-order valence-electron chi connectivity index (χ1n) is 7.79. The summed E-state index contributed by atoms with van der Waals surface area (Å²) in [6.45, 7) is 2.63. The second kappa shape index (κ2) is 7.31. The van der Waals surface area contributed by atoms with Crippen LogP contribution in [-0.4, -0.2) is 47.7 Å². The first-order chi connectivity index (χ1) is 11.6. The van der Waals surface area contributed by atoms with Gasteiger partial charge in [-0.15, -0.1) is 0 Å². The molecule has 3 rings (SSSR count). The molecule has 0 bridgehead atoms. The molecule has 8 nitrogen and oxygen atoms in total. The van der Waals surface area contributed by atoms with E-state index in [0.717, 1.165) is 12.8 Å². The van der Waals surface area contributed by atoms with Crippen LogP contribution in [-0.2, 0) is 9.53 Å². The summed E-state index contributed by atoms with van der Waals surface area (Å²) in [5.74, 6) is 0.398. The molecule has 1 unspecified atom stereocenters. The maximum atomic E-state index is 12.5. The molecule has 1 atom stereocenters. The van der Waals surface area contributed by atoms with Gasteiger partial charge in [-0.3, -0.25) is 9.59 Å². The van der Waals surface area contributed by atoms with Gasteiger partial charge in [0, 0.05) is 19.2 Å². The Hall–Kier alpha value is -2.61. The normalized spacial score (nSPS) is 17.0. The van der Waals surface area contributed by atoms with Crippen LogP contribution in [0.1, 0.15) is 29.2 Å². The Labute approximate surface area is 138 Å². The number of carbonyl (C=O) groups is 2. The van der Waals surface area contributed by atoms with Crippen LogP contribution in [0, 0.1) is 6.92 Å². The molecular formula is C16H19N3O5. The zero-order chi connectivity index (χ0) is 16.9. The summed E-state index contributed by atoms with van der Waals surface area (Å²) in [4.78, 5) is 26.2. The van der Waals surface area contributed by atoms with Crippen LogP contribution in [0.3, 0.4) is 0 Å². The van der Waals surface area contributed by atoms with E-state index in [9.17, 15) is 9.59 Å². The van der Waals surface area contributed by atoms with Crippen molar-refractivity contribution in [3.05, 3.63) is 36.0 Å². The SMILES string of the molecule is Cc1cc(NC(=O)CN(CC2CCCO2)C(=O)c2ccco2)no1. The third kappa shape index (κ3) is 4.02. The van der Waals surface area contributed by atoms with E-state index in [2.05, 4.69) is 10.5 Å². The maximum absolute atomic E-state index is 12.5. The molecule has 128 valence electrons. The summed E-state index contributed by atoms with van der Waals surface area (Å²) < 4.78 is 15.6. The second-order valence-electron chi connectivity index (χ2n) is 5.67. The highest BCUT2D eigenvalue weighted by atomic mass is 16.5. The van der Waals surface area contributed by atoms with E-state index >= 15 is 0 Å². The number of aromatic nitrogens is 1. The minimum Gasteiger partial charge on any atom is -0.459 e. The van der Waals surface area contributed by atoms with E-state index in [0.29, 0.717) is 24.7 Å². The largest absolute Gasteiger partial charge is 0.459 e. The molecule has 1 saturated heterocycles. The fourth-order valence-electron chi connectivity index (χ4n) is 2.59. The van der Waals surface area contributed by atoms with Gasteiger partial charge in [0.15, 0.2) is 11.6 Å². The average molecular weight is 333 g/mol. The van der Waals surface area contributed by atoms with Crippen LogP contribution in [0.4, 0.5) is 5.82 Å². The Morgan fingerprint density at radius 3 is 2.96 bits per heavy atom. The molecular weight excluding hydrogens is 314 g/mol. The van der Waals surface area contributed by atoms with E-state index in [4.69, 9.17) is 13.7 Å². The average Bonchev–Trinajstić information content (AvgIpc) is 3.28. The molecule has 1 aliphatic heterocycles. The van der Waals surface area contributed by atoms with Gasteiger partial charge in [-0.1, -0.05) is 5.16 Å². The molecule has 1 aliphatic rings. The number of hydrogen-bond donors (Lipinski definition) is 1. The number of aryl methyl sites for hydroxylation is 1. The Kier molecular flexibility index (Phi) is 4.95. The van der Waals surface area contributed by atoms with Gasteiger partial charge in [-0.05, 0) is 31.9 Å². The molecule has 2 aromatic rings. The molecule has 0 aromatic carbocycles. The van der Waals surface area contributed by atoms with Crippen LogP contribution in [0.15, 0.2) is 33.4 Å². The predicted molar refractivity (Wildman–Crippen MR) is 83.5 cm³/mol. The summed E-state index contributed by atoms with van der Waals surface area (Å²) in [5, 5.41) is 6.32. The molecule has 0 saturated carbocycles. The quantitative estimate of drug-likeness (QED) is 0.866. The molecule has 8 heteroatoms. The maximum Gasteiger partial charge on any atom is 0.290 e. The van der Waals surface area contributed by atoms with Crippen LogP contribution in [0.25, 0.3) is 0 Å². The Balaban J connectivity index is 1.66. The van der Waals surface area contributed by atoms with Crippen molar-refractivity contribution in [2.45, 2.75) is 25.9 Å². The third-order valence-corrected chi connectivity index (χ3v) is 3.70. The van der Waals surface area contributed by atoms with E-state index < -0.39 is 0 Å². The van der Waals surface area contributed by atoms with Crippen molar-refractivity contribution in [2.75, 3.05) is 25.0 Å². The lowest BCUT2D eigenvalue weighted by atomic mass is 10.2. The molecule has 24 heavy (non-hydrogen) atoms. The number of nitrogens with zero attached hydrogens (tertiary/aromatic N) is 2. The fourth-order valence-corrected chi connectivity index (χ4v) is 2.59. The van der Waals surface area contributed by atoms with Crippen molar-refractivity contribution in [1.82, 2.24) is 10.1 Å². The monoisotopic (exact) mass is 333 g/mol. The van der Waals surface area contributed by atoms with Crippen LogP contribution in [0.5, 0.6) is 0 Å². The highest BCUT2D eigenvalue weighted by molar-refractivity contribution is 5.97. The molecule has 0 radical (unpaired) electrons. The van der Waals surface area contributed by atoms with Gasteiger partial charge in [0.2, 0.25) is 5.91 Å². The van der Waals surface area contributed by atoms with E-state index in [-0.39, 0.29) is 30.2 Å². The second-order valence-corrected chi connectivity index (χ2v) is 5.67. The standard InChI is InChI=1S/C16H19N3O5/c1-11-8-14(18-24-11)17-15(20)10-19(9-12-4-2-6-22-12)16(21)13-5-3-7-23-13/h3,5,7-8,12H,2,4,6,9-10H2,1H3,(H,17,18,20). The minimum atomic E-state index is -0.360. The summed E-state index contributed by atoms with van der Waals surface area (Å²) in [5.41, 5.74) is 0. The van der Waals surface area contributed by atoms with Crippen molar-refractivity contribution in [2.24, 2.45) is 0 Å². The lowest BCUT2D eigenvalue weighted by Crippen LogP contribution is -2.42. The van der Waals surface area contributed by atoms with Gasteiger partial charge >= 0.3 is 0 Å². The Bertz CT molecular complexity index is 688. The fraction of sp³-hybridized carbons (Fsp3) is 0.438. The summed E-state index contributed by atoms with van der Waals surface area (Å²) in [7, 11) is 0. The van der Waals surface area contributed by atoms with Crippen molar-refractivity contribution in [1.29, 1.82) is 0 Å². The number of rotatable bonds is 6. The minimum absolute atomic E-state index is 0.0639. The van der Waals surface area contributed by atoms with Gasteiger partial charge in [-0.25, -0.2) is 0 Å². The first kappa shape index (κ1) is 16.3. The number of nitrogens with one attached hydrogen (secondary N) is 1. The molecule has 0 spiro atoms. The van der Waals surface area contributed by atoms with Gasteiger partial charge in [0.05, 0.1) is 12.4 Å². The molecule has 1 N–H and O–H groups in total. The number of amides is 2. The molecule has 3 heterocycles. The number of furan rings is 1. The highest BCUT2D eigenvalue weighted by Crippen LogP contribution is 2.16. The molecule has 0 aliphatic carbocycles. The zero-order valence-electron chi connectivity index (χ0n) is 13.4. The van der Waals surface area contributed by atoms with E-state index in [1.54, 1.807) is 25.1 Å². The van der Waals surface area contributed by atoms with E-state index in [1.165, 1.54) is 11.2 Å². The Morgan fingerprint density at radius 2 is 2.33 bits per heavy atom. The number of anilines is 1. The van der Waals surface area contributed by atoms with Gasteiger partial charge < -0.3 is 23.9 Å². The van der Waals surface area contributed by atoms with Crippen molar-refractivity contribution < 1.29 is 23.3 Å². The lowest BCUT2D eigenvalue weighted by molar-refractivity contribution is -0.117. The van der Waals surface area contributed by atoms with Crippen molar-refractivity contribution >= 4 is 17.6 Å². The zero-order valence-corrected chi connectivity index (χ0v) is 13.4. The third-order valence-electron chi connectivity index (χ3n) is 3.70. The summed E-state index contributed by atoms with van der Waals surface area (Å²) in [6, 6.07) is 4.82. The highest BCUT2D eigenvalue weighted by Gasteiger charge is 2.26. The number of ether oxygens (including phenoxy) is 1.